The van der Waals surface area contributed by atoms with Gasteiger partial charge in [-0.05, 0) is 63.1 Å². The average Bonchev–Trinajstić information content (AvgIpc) is 2.70. The van der Waals surface area contributed by atoms with E-state index in [1.54, 1.807) is 6.07 Å². The molecular formula is C24H36N4O2S. The van der Waals surface area contributed by atoms with E-state index in [9.17, 15) is 8.42 Å². The molecule has 0 fully saturated rings. The Balaban J connectivity index is 2.10. The van der Waals surface area contributed by atoms with Gasteiger partial charge in [-0.15, -0.1) is 0 Å². The molecule has 170 valence electrons. The Hall–Kier alpha value is -2.38. The van der Waals surface area contributed by atoms with E-state index in [0.29, 0.717) is 24.0 Å². The summed E-state index contributed by atoms with van der Waals surface area (Å²) < 4.78 is 23.6. The molecule has 31 heavy (non-hydrogen) atoms. The molecule has 2 N–H and O–H groups in total. The third-order valence-corrected chi connectivity index (χ3v) is 6.53. The van der Waals surface area contributed by atoms with Crippen LogP contribution in [0.1, 0.15) is 43.0 Å². The number of aryl methyl sites for hydroxylation is 1. The number of guanidine groups is 1. The summed E-state index contributed by atoms with van der Waals surface area (Å²) in [4.78, 5) is 7.37. The maximum Gasteiger partial charge on any atom is 0.191 e. The lowest BCUT2D eigenvalue weighted by Crippen LogP contribution is -2.37. The van der Waals surface area contributed by atoms with Crippen LogP contribution in [0, 0.1) is 6.92 Å². The van der Waals surface area contributed by atoms with Crippen molar-refractivity contribution in [2.45, 2.75) is 58.3 Å². The predicted molar refractivity (Wildman–Crippen MR) is 129 cm³/mol. The van der Waals surface area contributed by atoms with Gasteiger partial charge in [0.15, 0.2) is 15.8 Å². The molecule has 0 saturated heterocycles. The van der Waals surface area contributed by atoms with Crippen molar-refractivity contribution in [1.29, 1.82) is 0 Å². The van der Waals surface area contributed by atoms with Gasteiger partial charge >= 0.3 is 0 Å². The Morgan fingerprint density at radius 1 is 1.10 bits per heavy atom. The minimum atomic E-state index is -3.21. The molecule has 0 amide bonds. The smallest absolute Gasteiger partial charge is 0.191 e. The molecule has 0 spiro atoms. The third kappa shape index (κ3) is 7.67. The molecule has 6 nitrogen and oxygen atoms in total. The van der Waals surface area contributed by atoms with Crippen LogP contribution in [0.5, 0.6) is 0 Å². The Kier molecular flexibility index (Phi) is 9.07. The fraction of sp³-hybridized carbons (Fsp3) is 0.458. The largest absolute Gasteiger partial charge is 0.357 e. The van der Waals surface area contributed by atoms with Crippen LogP contribution in [0.4, 0.5) is 0 Å². The predicted octanol–water partition coefficient (Wildman–Crippen LogP) is 3.49. The van der Waals surface area contributed by atoms with Gasteiger partial charge in [0, 0.05) is 31.9 Å². The van der Waals surface area contributed by atoms with Crippen LogP contribution in [-0.4, -0.2) is 45.2 Å². The van der Waals surface area contributed by atoms with Crippen molar-refractivity contribution >= 4 is 15.8 Å². The molecule has 0 heterocycles. The maximum atomic E-state index is 11.8. The van der Waals surface area contributed by atoms with Crippen LogP contribution in [0.25, 0.3) is 0 Å². The topological polar surface area (TPSA) is 73.8 Å². The van der Waals surface area contributed by atoms with Gasteiger partial charge in [0.25, 0.3) is 0 Å². The zero-order chi connectivity index (χ0) is 23.0. The summed E-state index contributed by atoms with van der Waals surface area (Å²) in [6.07, 6.45) is 1.23. The Morgan fingerprint density at radius 2 is 1.77 bits per heavy atom. The van der Waals surface area contributed by atoms with E-state index in [4.69, 9.17) is 0 Å². The van der Waals surface area contributed by atoms with E-state index in [2.05, 4.69) is 65.7 Å². The van der Waals surface area contributed by atoms with Crippen molar-refractivity contribution in [3.05, 3.63) is 64.7 Å². The van der Waals surface area contributed by atoms with Gasteiger partial charge in [0.05, 0.1) is 11.4 Å². The molecule has 0 aliphatic carbocycles. The maximum absolute atomic E-state index is 11.8. The number of nitrogens with zero attached hydrogens (tertiary/aromatic N) is 2. The number of aliphatic imine (C=N–C) groups is 1. The highest BCUT2D eigenvalue weighted by molar-refractivity contribution is 7.90. The second-order valence-electron chi connectivity index (χ2n) is 8.20. The highest BCUT2D eigenvalue weighted by Crippen LogP contribution is 2.17. The zero-order valence-electron chi connectivity index (χ0n) is 19.6. The van der Waals surface area contributed by atoms with Gasteiger partial charge in [0.2, 0.25) is 0 Å². The summed E-state index contributed by atoms with van der Waals surface area (Å²) in [7, 11) is -1.08. The van der Waals surface area contributed by atoms with E-state index >= 15 is 0 Å². The summed E-state index contributed by atoms with van der Waals surface area (Å²) in [5.74, 6) is 0.736. The molecule has 7 heteroatoms. The van der Waals surface area contributed by atoms with Crippen LogP contribution >= 0.6 is 0 Å². The SMILES string of the molecule is CCNC(=NCc1ccc(S(C)(=O)=O)c(C)c1)NCc1ccccc1CN(C)C(C)C. The summed E-state index contributed by atoms with van der Waals surface area (Å²) in [5.41, 5.74) is 4.26. The molecule has 2 aromatic carbocycles. The highest BCUT2D eigenvalue weighted by Gasteiger charge is 2.11. The van der Waals surface area contributed by atoms with Crippen LogP contribution in [0.3, 0.4) is 0 Å². The lowest BCUT2D eigenvalue weighted by Gasteiger charge is -2.23. The first-order valence-corrected chi connectivity index (χ1v) is 12.6. The number of hydrogen-bond donors (Lipinski definition) is 2. The molecule has 0 aliphatic heterocycles. The van der Waals surface area contributed by atoms with Crippen LogP contribution in [0.2, 0.25) is 0 Å². The molecule has 0 atom stereocenters. The summed E-state index contributed by atoms with van der Waals surface area (Å²) >= 11 is 0. The first kappa shape index (κ1) is 24.9. The number of rotatable bonds is 9. The average molecular weight is 445 g/mol. The Bertz CT molecular complexity index is 1000. The van der Waals surface area contributed by atoms with Crippen LogP contribution in [0.15, 0.2) is 52.4 Å². The lowest BCUT2D eigenvalue weighted by atomic mass is 10.1. The molecule has 0 radical (unpaired) electrons. The van der Waals surface area contributed by atoms with Crippen molar-refractivity contribution in [2.24, 2.45) is 4.99 Å². The Labute approximate surface area is 187 Å². The van der Waals surface area contributed by atoms with Gasteiger partial charge in [-0.1, -0.05) is 36.4 Å². The first-order valence-electron chi connectivity index (χ1n) is 10.7. The molecule has 0 aromatic heterocycles. The molecule has 0 bridgehead atoms. The quantitative estimate of drug-likeness (QED) is 0.457. The standard InChI is InChI=1S/C24H36N4O2S/c1-7-25-24(26-15-20-12-13-23(19(4)14-20)31(6,29)30)27-16-21-10-8-9-11-22(21)17-28(5)18(2)3/h8-14,18H,7,15-17H2,1-6H3,(H2,25,26,27). The number of nitrogens with one attached hydrogen (secondary N) is 2. The highest BCUT2D eigenvalue weighted by atomic mass is 32.2. The molecule has 2 aromatic rings. The summed E-state index contributed by atoms with van der Waals surface area (Å²) in [5, 5.41) is 6.71. The monoisotopic (exact) mass is 444 g/mol. The second-order valence-corrected chi connectivity index (χ2v) is 10.2. The van der Waals surface area contributed by atoms with E-state index in [0.717, 1.165) is 30.2 Å². The minimum Gasteiger partial charge on any atom is -0.357 e. The number of hydrogen-bond acceptors (Lipinski definition) is 4. The van der Waals surface area contributed by atoms with Gasteiger partial charge in [-0.3, -0.25) is 4.90 Å². The van der Waals surface area contributed by atoms with Gasteiger partial charge in [-0.2, -0.15) is 0 Å². The number of sulfone groups is 1. The Morgan fingerprint density at radius 3 is 2.35 bits per heavy atom. The number of benzene rings is 2. The minimum absolute atomic E-state index is 0.369. The van der Waals surface area contributed by atoms with Crippen molar-refractivity contribution in [1.82, 2.24) is 15.5 Å². The zero-order valence-corrected chi connectivity index (χ0v) is 20.4. The van der Waals surface area contributed by atoms with Crippen LogP contribution in [-0.2, 0) is 29.5 Å². The molecular weight excluding hydrogens is 408 g/mol. The summed E-state index contributed by atoms with van der Waals surface area (Å²) in [6, 6.07) is 14.3. The molecule has 0 saturated carbocycles. The van der Waals surface area contributed by atoms with Crippen molar-refractivity contribution in [3.63, 3.8) is 0 Å². The molecule has 0 aliphatic rings. The van der Waals surface area contributed by atoms with E-state index in [1.165, 1.54) is 17.4 Å². The fourth-order valence-corrected chi connectivity index (χ4v) is 4.21. The second kappa shape index (κ2) is 11.3. The van der Waals surface area contributed by atoms with Crippen molar-refractivity contribution < 1.29 is 8.42 Å². The lowest BCUT2D eigenvalue weighted by molar-refractivity contribution is 0.265. The van der Waals surface area contributed by atoms with Crippen molar-refractivity contribution in [2.75, 3.05) is 19.8 Å². The van der Waals surface area contributed by atoms with Gasteiger partial charge in [-0.25, -0.2) is 13.4 Å². The van der Waals surface area contributed by atoms with Crippen molar-refractivity contribution in [3.8, 4) is 0 Å². The normalized spacial score (nSPS) is 12.5. The molecule has 2 rings (SSSR count). The van der Waals surface area contributed by atoms with Crippen LogP contribution < -0.4 is 10.6 Å². The first-order chi connectivity index (χ1) is 14.6. The molecule has 0 unspecified atom stereocenters. The van der Waals surface area contributed by atoms with Gasteiger partial charge < -0.3 is 10.6 Å². The van der Waals surface area contributed by atoms with E-state index in [1.807, 2.05) is 26.0 Å². The summed E-state index contributed by atoms with van der Waals surface area (Å²) in [6.45, 7) is 11.1. The van der Waals surface area contributed by atoms with E-state index in [-0.39, 0.29) is 0 Å². The van der Waals surface area contributed by atoms with Gasteiger partial charge in [0.1, 0.15) is 0 Å². The fourth-order valence-electron chi connectivity index (χ4n) is 3.25. The third-order valence-electron chi connectivity index (χ3n) is 5.27. The van der Waals surface area contributed by atoms with E-state index < -0.39 is 9.84 Å².